The van der Waals surface area contributed by atoms with Crippen molar-refractivity contribution in [1.29, 1.82) is 0 Å². The minimum Gasteiger partial charge on any atom is -0.491 e. The summed E-state index contributed by atoms with van der Waals surface area (Å²) in [6.45, 7) is 6.39. The van der Waals surface area contributed by atoms with Crippen LogP contribution in [0.2, 0.25) is 5.02 Å². The maximum atomic E-state index is 12.4. The quantitative estimate of drug-likeness (QED) is 0.662. The van der Waals surface area contributed by atoms with Crippen LogP contribution in [-0.4, -0.2) is 89.2 Å². The Labute approximate surface area is 187 Å². The van der Waals surface area contributed by atoms with Gasteiger partial charge in [-0.05, 0) is 37.1 Å². The molecule has 2 saturated heterocycles. The average Bonchev–Trinajstić information content (AvgIpc) is 3.47. The van der Waals surface area contributed by atoms with E-state index in [0.29, 0.717) is 35.4 Å². The molecule has 0 radical (unpaired) electrons. The van der Waals surface area contributed by atoms with Crippen LogP contribution in [0, 0.1) is 0 Å². The highest BCUT2D eigenvalue weighted by Crippen LogP contribution is 2.16. The van der Waals surface area contributed by atoms with Gasteiger partial charge in [0.15, 0.2) is 5.69 Å². The van der Waals surface area contributed by atoms with Crippen molar-refractivity contribution in [2.24, 2.45) is 0 Å². The minimum atomic E-state index is -0.562. The molecule has 2 aromatic rings. The van der Waals surface area contributed by atoms with E-state index in [1.165, 1.54) is 6.26 Å². The molecule has 1 aromatic heterocycles. The van der Waals surface area contributed by atoms with E-state index in [2.05, 4.69) is 14.8 Å². The summed E-state index contributed by atoms with van der Waals surface area (Å²) >= 11 is 5.87. The van der Waals surface area contributed by atoms with Gasteiger partial charge in [-0.1, -0.05) is 11.6 Å². The van der Waals surface area contributed by atoms with E-state index in [-0.39, 0.29) is 12.5 Å². The van der Waals surface area contributed by atoms with Crippen molar-refractivity contribution in [3.05, 3.63) is 47.1 Å². The SMILES string of the molecule is O=C(c1coc(CN2CCN(CC(O)COc3ccc(Cl)cc3)CC2)n1)N1CCCC1. The fourth-order valence-electron chi connectivity index (χ4n) is 3.96. The van der Waals surface area contributed by atoms with E-state index >= 15 is 0 Å². The van der Waals surface area contributed by atoms with Crippen molar-refractivity contribution in [2.75, 3.05) is 52.4 Å². The normalized spacial score (nSPS) is 19.0. The molecule has 0 bridgehead atoms. The van der Waals surface area contributed by atoms with Crippen LogP contribution in [0.15, 0.2) is 34.9 Å². The Balaban J connectivity index is 1.17. The number of aliphatic hydroxyl groups is 1. The van der Waals surface area contributed by atoms with Gasteiger partial charge in [0.05, 0.1) is 6.54 Å². The number of halogens is 1. The first-order valence-electron chi connectivity index (χ1n) is 10.8. The zero-order valence-corrected chi connectivity index (χ0v) is 18.3. The summed E-state index contributed by atoms with van der Waals surface area (Å²) in [5.74, 6) is 1.24. The lowest BCUT2D eigenvalue weighted by atomic mass is 10.2. The first kappa shape index (κ1) is 22.1. The molecule has 3 heterocycles. The van der Waals surface area contributed by atoms with Gasteiger partial charge in [0, 0.05) is 50.8 Å². The van der Waals surface area contributed by atoms with Gasteiger partial charge in [0.1, 0.15) is 24.7 Å². The van der Waals surface area contributed by atoms with E-state index < -0.39 is 6.10 Å². The molecule has 1 aromatic carbocycles. The Morgan fingerprint density at radius 3 is 2.48 bits per heavy atom. The number of oxazole rings is 1. The molecule has 31 heavy (non-hydrogen) atoms. The van der Waals surface area contributed by atoms with E-state index in [9.17, 15) is 9.90 Å². The van der Waals surface area contributed by atoms with E-state index in [1.54, 1.807) is 24.3 Å². The molecule has 8 nitrogen and oxygen atoms in total. The van der Waals surface area contributed by atoms with Crippen LogP contribution in [0.5, 0.6) is 5.75 Å². The largest absolute Gasteiger partial charge is 0.491 e. The second kappa shape index (κ2) is 10.5. The molecule has 1 amide bonds. The van der Waals surface area contributed by atoms with Crippen LogP contribution in [0.4, 0.5) is 0 Å². The summed E-state index contributed by atoms with van der Waals surface area (Å²) in [5.41, 5.74) is 0.402. The van der Waals surface area contributed by atoms with Gasteiger partial charge in [-0.25, -0.2) is 4.98 Å². The van der Waals surface area contributed by atoms with Gasteiger partial charge < -0.3 is 19.2 Å². The number of hydrogen-bond donors (Lipinski definition) is 1. The van der Waals surface area contributed by atoms with E-state index in [0.717, 1.165) is 52.1 Å². The van der Waals surface area contributed by atoms with Crippen molar-refractivity contribution >= 4 is 17.5 Å². The molecule has 0 spiro atoms. The third kappa shape index (κ3) is 6.20. The van der Waals surface area contributed by atoms with Crippen LogP contribution in [0.3, 0.4) is 0 Å². The molecule has 2 fully saturated rings. The third-order valence-electron chi connectivity index (χ3n) is 5.71. The number of carbonyl (C=O) groups excluding carboxylic acids is 1. The number of aliphatic hydroxyl groups excluding tert-OH is 1. The number of hydrogen-bond acceptors (Lipinski definition) is 7. The predicted molar refractivity (Wildman–Crippen MR) is 116 cm³/mol. The molecule has 168 valence electrons. The molecule has 9 heteroatoms. The molecule has 0 aliphatic carbocycles. The first-order valence-corrected chi connectivity index (χ1v) is 11.2. The second-order valence-corrected chi connectivity index (χ2v) is 8.56. The lowest BCUT2D eigenvalue weighted by Crippen LogP contribution is -2.48. The molecule has 2 aliphatic heterocycles. The van der Waals surface area contributed by atoms with Crippen molar-refractivity contribution in [3.63, 3.8) is 0 Å². The van der Waals surface area contributed by atoms with Crippen molar-refractivity contribution in [1.82, 2.24) is 19.7 Å². The molecular formula is C22H29ClN4O4. The average molecular weight is 449 g/mol. The Morgan fingerprint density at radius 2 is 1.77 bits per heavy atom. The molecule has 0 saturated carbocycles. The lowest BCUT2D eigenvalue weighted by Gasteiger charge is -2.34. The Bertz CT molecular complexity index is 845. The van der Waals surface area contributed by atoms with Crippen molar-refractivity contribution < 1.29 is 19.1 Å². The van der Waals surface area contributed by atoms with Gasteiger partial charge in [-0.15, -0.1) is 0 Å². The zero-order chi connectivity index (χ0) is 21.6. The summed E-state index contributed by atoms with van der Waals surface area (Å²) < 4.78 is 11.2. The van der Waals surface area contributed by atoms with Crippen molar-refractivity contribution in [2.45, 2.75) is 25.5 Å². The van der Waals surface area contributed by atoms with Gasteiger partial charge in [0.2, 0.25) is 5.89 Å². The number of carbonyl (C=O) groups is 1. The number of β-amino-alcohol motifs (C(OH)–C–C–N with tert-alkyl or cyclic N) is 1. The number of aromatic nitrogens is 1. The van der Waals surface area contributed by atoms with Crippen LogP contribution in [0.1, 0.15) is 29.2 Å². The zero-order valence-electron chi connectivity index (χ0n) is 17.6. The number of benzene rings is 1. The summed E-state index contributed by atoms with van der Waals surface area (Å²) in [6.07, 6.45) is 3.03. The fourth-order valence-corrected chi connectivity index (χ4v) is 4.09. The minimum absolute atomic E-state index is 0.0351. The van der Waals surface area contributed by atoms with Crippen LogP contribution >= 0.6 is 11.6 Å². The predicted octanol–water partition coefficient (Wildman–Crippen LogP) is 2.12. The highest BCUT2D eigenvalue weighted by Gasteiger charge is 2.24. The molecule has 2 aliphatic rings. The molecular weight excluding hydrogens is 420 g/mol. The molecule has 1 N–H and O–H groups in total. The smallest absolute Gasteiger partial charge is 0.275 e. The number of amides is 1. The summed E-state index contributed by atoms with van der Waals surface area (Å²) in [5, 5.41) is 11.0. The summed E-state index contributed by atoms with van der Waals surface area (Å²) in [6, 6.07) is 7.12. The topological polar surface area (TPSA) is 82.3 Å². The number of rotatable bonds is 8. The highest BCUT2D eigenvalue weighted by molar-refractivity contribution is 6.30. The van der Waals surface area contributed by atoms with E-state index in [1.807, 2.05) is 4.90 Å². The number of nitrogens with zero attached hydrogens (tertiary/aromatic N) is 4. The fraction of sp³-hybridized carbons (Fsp3) is 0.545. The summed E-state index contributed by atoms with van der Waals surface area (Å²) in [7, 11) is 0. The molecule has 1 unspecified atom stereocenters. The van der Waals surface area contributed by atoms with Gasteiger partial charge in [0.25, 0.3) is 5.91 Å². The highest BCUT2D eigenvalue weighted by atomic mass is 35.5. The summed E-state index contributed by atoms with van der Waals surface area (Å²) in [4.78, 5) is 23.1. The standard InChI is InChI=1S/C22H29ClN4O4/c23-17-3-5-19(6-4-17)30-15-18(28)13-25-9-11-26(12-10-25)14-21-24-20(16-31-21)22(29)27-7-1-2-8-27/h3-6,16,18,28H,1-2,7-15H2. The maximum Gasteiger partial charge on any atom is 0.275 e. The van der Waals surface area contributed by atoms with Crippen LogP contribution in [0.25, 0.3) is 0 Å². The Kier molecular flexibility index (Phi) is 7.45. The lowest BCUT2D eigenvalue weighted by molar-refractivity contribution is 0.0430. The third-order valence-corrected chi connectivity index (χ3v) is 5.96. The van der Waals surface area contributed by atoms with Gasteiger partial charge in [-0.3, -0.25) is 14.6 Å². The number of ether oxygens (including phenoxy) is 1. The Morgan fingerprint density at radius 1 is 1.10 bits per heavy atom. The molecule has 4 rings (SSSR count). The maximum absolute atomic E-state index is 12.4. The monoisotopic (exact) mass is 448 g/mol. The second-order valence-electron chi connectivity index (χ2n) is 8.12. The number of piperazine rings is 1. The van der Waals surface area contributed by atoms with Gasteiger partial charge >= 0.3 is 0 Å². The van der Waals surface area contributed by atoms with Crippen molar-refractivity contribution in [3.8, 4) is 5.75 Å². The van der Waals surface area contributed by atoms with Crippen LogP contribution < -0.4 is 4.74 Å². The number of likely N-dealkylation sites (tertiary alicyclic amines) is 1. The van der Waals surface area contributed by atoms with E-state index in [4.69, 9.17) is 20.8 Å². The van der Waals surface area contributed by atoms with Gasteiger partial charge in [-0.2, -0.15) is 0 Å². The Hall–Kier alpha value is -2.13. The first-order chi connectivity index (χ1) is 15.1. The van der Waals surface area contributed by atoms with Crippen LogP contribution in [-0.2, 0) is 6.54 Å². The molecule has 1 atom stereocenters.